The zero-order chi connectivity index (χ0) is 22.6. The summed E-state index contributed by atoms with van der Waals surface area (Å²) in [4.78, 5) is 17.0. The van der Waals surface area contributed by atoms with E-state index in [0.717, 1.165) is 25.0 Å². The number of halogens is 1. The van der Waals surface area contributed by atoms with E-state index < -0.39 is 6.29 Å². The molecule has 2 saturated heterocycles. The second-order valence-electron chi connectivity index (χ2n) is 8.18. The Hall–Kier alpha value is -2.92. The topological polar surface area (TPSA) is 114 Å². The summed E-state index contributed by atoms with van der Waals surface area (Å²) in [6, 6.07) is 7.90. The molecule has 0 spiro atoms. The molecule has 2 aliphatic rings. The summed E-state index contributed by atoms with van der Waals surface area (Å²) in [6.07, 6.45) is 3.22. The van der Waals surface area contributed by atoms with Gasteiger partial charge in [0, 0.05) is 30.8 Å². The minimum absolute atomic E-state index is 0.000433. The summed E-state index contributed by atoms with van der Waals surface area (Å²) in [5.41, 5.74) is 2.60. The van der Waals surface area contributed by atoms with Crippen molar-refractivity contribution in [3.63, 3.8) is 0 Å². The largest absolute Gasteiger partial charge is 0.396 e. The number of imidazole rings is 1. The maximum Gasteiger partial charge on any atom is 0.223 e. The van der Waals surface area contributed by atoms with E-state index in [9.17, 15) is 9.50 Å². The molecule has 0 radical (unpaired) electrons. The normalized spacial score (nSPS) is 23.0. The average molecular weight is 455 g/mol. The molecule has 1 atom stereocenters. The molecule has 0 saturated carbocycles. The van der Waals surface area contributed by atoms with E-state index in [2.05, 4.69) is 20.3 Å². The van der Waals surface area contributed by atoms with Crippen LogP contribution in [-0.2, 0) is 14.2 Å². The number of aromatic nitrogens is 4. The van der Waals surface area contributed by atoms with Crippen LogP contribution in [0.5, 0.6) is 0 Å². The van der Waals surface area contributed by atoms with Crippen LogP contribution in [0, 0.1) is 11.7 Å². The van der Waals surface area contributed by atoms with Crippen LogP contribution in [0.25, 0.3) is 22.6 Å². The van der Waals surface area contributed by atoms with Crippen molar-refractivity contribution in [2.45, 2.75) is 25.2 Å². The van der Waals surface area contributed by atoms with Crippen molar-refractivity contribution in [1.29, 1.82) is 0 Å². The van der Waals surface area contributed by atoms with Crippen LogP contribution in [0.4, 0.5) is 10.3 Å². The quantitative estimate of drug-likeness (QED) is 0.498. The number of ether oxygens (including phenoxy) is 3. The smallest absolute Gasteiger partial charge is 0.223 e. The number of aliphatic hydroxyl groups excluding tert-OH is 1. The van der Waals surface area contributed by atoms with Gasteiger partial charge in [-0.2, -0.15) is 0 Å². The van der Waals surface area contributed by atoms with Gasteiger partial charge >= 0.3 is 0 Å². The number of aliphatic hydroxyl groups is 1. The third-order valence-corrected chi connectivity index (χ3v) is 5.71. The number of nitrogens with zero attached hydrogens (tertiary/aromatic N) is 3. The molecule has 0 amide bonds. The number of H-pyrrole nitrogens is 1. The van der Waals surface area contributed by atoms with Crippen LogP contribution in [0.3, 0.4) is 0 Å². The third-order valence-electron chi connectivity index (χ3n) is 5.71. The predicted molar refractivity (Wildman–Crippen MR) is 118 cm³/mol. The monoisotopic (exact) mass is 455 g/mol. The van der Waals surface area contributed by atoms with E-state index >= 15 is 0 Å². The standard InChI is InChI=1S/C23H26FN5O4/c24-16-5-3-15(4-6-16)19-20(29-21(28-19)22-32-12-14(11-30)13-33-22)18-7-8-25-23(27-18)26-10-17-2-1-9-31-17/h3-8,14,17,22,30H,1-2,9-13H2,(H,28,29)(H,25,26,27). The second-order valence-corrected chi connectivity index (χ2v) is 8.18. The van der Waals surface area contributed by atoms with Crippen LogP contribution < -0.4 is 5.32 Å². The van der Waals surface area contributed by atoms with Crippen molar-refractivity contribution in [1.82, 2.24) is 19.9 Å². The lowest BCUT2D eigenvalue weighted by Gasteiger charge is -2.26. The van der Waals surface area contributed by atoms with E-state index in [1.165, 1.54) is 12.1 Å². The molecule has 0 bridgehead atoms. The Bertz CT molecular complexity index is 1060. The summed E-state index contributed by atoms with van der Waals surface area (Å²) in [7, 11) is 0. The van der Waals surface area contributed by atoms with Gasteiger partial charge in [-0.25, -0.2) is 19.3 Å². The van der Waals surface area contributed by atoms with Gasteiger partial charge in [0.25, 0.3) is 0 Å². The molecule has 1 unspecified atom stereocenters. The molecule has 174 valence electrons. The van der Waals surface area contributed by atoms with E-state index in [4.69, 9.17) is 19.2 Å². The molecule has 2 aliphatic heterocycles. The third kappa shape index (κ3) is 5.03. The van der Waals surface area contributed by atoms with Crippen LogP contribution >= 0.6 is 0 Å². The van der Waals surface area contributed by atoms with Crippen LogP contribution in [0.2, 0.25) is 0 Å². The second kappa shape index (κ2) is 9.92. The van der Waals surface area contributed by atoms with Crippen LogP contribution in [-0.4, -0.2) is 64.1 Å². The highest BCUT2D eigenvalue weighted by Gasteiger charge is 2.28. The highest BCUT2D eigenvalue weighted by Crippen LogP contribution is 2.33. The first-order valence-corrected chi connectivity index (χ1v) is 11.1. The number of benzene rings is 1. The van der Waals surface area contributed by atoms with Gasteiger partial charge in [0.2, 0.25) is 12.2 Å². The molecule has 1 aromatic carbocycles. The van der Waals surface area contributed by atoms with Gasteiger partial charge in [-0.3, -0.25) is 0 Å². The van der Waals surface area contributed by atoms with E-state index in [-0.39, 0.29) is 24.4 Å². The number of aromatic amines is 1. The van der Waals surface area contributed by atoms with Gasteiger partial charge in [0.05, 0.1) is 43.0 Å². The SMILES string of the molecule is OCC1COC(c2nc(-c3ccc(F)cc3)c(-c3ccnc(NCC4CCCO4)n3)[nH]2)OC1. The summed E-state index contributed by atoms with van der Waals surface area (Å²) in [5, 5.41) is 12.6. The fraction of sp³-hybridized carbons (Fsp3) is 0.435. The molecule has 10 heteroatoms. The highest BCUT2D eigenvalue weighted by molar-refractivity contribution is 5.77. The summed E-state index contributed by atoms with van der Waals surface area (Å²) >= 11 is 0. The summed E-state index contributed by atoms with van der Waals surface area (Å²) in [5.74, 6) is 0.577. The molecule has 9 nitrogen and oxygen atoms in total. The lowest BCUT2D eigenvalue weighted by atomic mass is 10.1. The zero-order valence-corrected chi connectivity index (χ0v) is 18.0. The fourth-order valence-corrected chi connectivity index (χ4v) is 3.91. The van der Waals surface area contributed by atoms with Crippen molar-refractivity contribution in [2.24, 2.45) is 5.92 Å². The Balaban J connectivity index is 1.44. The lowest BCUT2D eigenvalue weighted by molar-refractivity contribution is -0.213. The maximum absolute atomic E-state index is 13.5. The molecule has 33 heavy (non-hydrogen) atoms. The van der Waals surface area contributed by atoms with Crippen molar-refractivity contribution in [3.8, 4) is 22.6 Å². The molecule has 3 aromatic rings. The van der Waals surface area contributed by atoms with Gasteiger partial charge in [-0.15, -0.1) is 0 Å². The van der Waals surface area contributed by atoms with Gasteiger partial charge in [0.15, 0.2) is 5.82 Å². The van der Waals surface area contributed by atoms with Gasteiger partial charge in [-0.1, -0.05) is 0 Å². The number of hydrogen-bond acceptors (Lipinski definition) is 8. The van der Waals surface area contributed by atoms with Gasteiger partial charge in [0.1, 0.15) is 5.82 Å². The Morgan fingerprint density at radius 2 is 1.91 bits per heavy atom. The van der Waals surface area contributed by atoms with E-state index in [1.807, 2.05) is 0 Å². The van der Waals surface area contributed by atoms with Gasteiger partial charge in [-0.05, 0) is 43.2 Å². The van der Waals surface area contributed by atoms with Crippen molar-refractivity contribution >= 4 is 5.95 Å². The molecule has 2 fully saturated rings. The fourth-order valence-electron chi connectivity index (χ4n) is 3.91. The first kappa shape index (κ1) is 21.9. The number of nitrogens with one attached hydrogen (secondary N) is 2. The number of hydrogen-bond donors (Lipinski definition) is 3. The average Bonchev–Trinajstić information content (AvgIpc) is 3.54. The zero-order valence-electron chi connectivity index (χ0n) is 18.0. The predicted octanol–water partition coefficient (Wildman–Crippen LogP) is 2.92. The lowest BCUT2D eigenvalue weighted by Crippen LogP contribution is -2.29. The minimum Gasteiger partial charge on any atom is -0.396 e. The van der Waals surface area contributed by atoms with E-state index in [1.54, 1.807) is 24.4 Å². The molecular formula is C23H26FN5O4. The summed E-state index contributed by atoms with van der Waals surface area (Å²) in [6.45, 7) is 2.16. The Morgan fingerprint density at radius 1 is 1.09 bits per heavy atom. The Labute approximate surface area is 190 Å². The molecule has 3 N–H and O–H groups in total. The molecule has 0 aliphatic carbocycles. The maximum atomic E-state index is 13.5. The first-order valence-electron chi connectivity index (χ1n) is 11.1. The first-order chi connectivity index (χ1) is 16.2. The van der Waals surface area contributed by atoms with Gasteiger partial charge < -0.3 is 29.6 Å². The number of rotatable bonds is 7. The molecular weight excluding hydrogens is 429 g/mol. The highest BCUT2D eigenvalue weighted by atomic mass is 19.1. The molecule has 4 heterocycles. The van der Waals surface area contributed by atoms with Crippen LogP contribution in [0.15, 0.2) is 36.5 Å². The van der Waals surface area contributed by atoms with Crippen molar-refractivity contribution < 1.29 is 23.7 Å². The van der Waals surface area contributed by atoms with Crippen molar-refractivity contribution in [3.05, 3.63) is 48.2 Å². The molecule has 2 aromatic heterocycles. The Kier molecular flexibility index (Phi) is 6.58. The van der Waals surface area contributed by atoms with E-state index in [0.29, 0.717) is 48.6 Å². The molecule has 5 rings (SSSR count). The number of anilines is 1. The Morgan fingerprint density at radius 3 is 2.64 bits per heavy atom. The van der Waals surface area contributed by atoms with Crippen LogP contribution in [0.1, 0.15) is 25.0 Å². The summed E-state index contributed by atoms with van der Waals surface area (Å²) < 4.78 is 30.7. The minimum atomic E-state index is -0.695. The van der Waals surface area contributed by atoms with Crippen molar-refractivity contribution in [2.75, 3.05) is 38.3 Å².